The van der Waals surface area contributed by atoms with Crippen LogP contribution in [0.15, 0.2) is 42.7 Å². The molecule has 0 amide bonds. The van der Waals surface area contributed by atoms with Crippen molar-refractivity contribution in [2.24, 2.45) is 5.92 Å². The van der Waals surface area contributed by atoms with E-state index in [0.717, 1.165) is 29.7 Å². The van der Waals surface area contributed by atoms with Crippen LogP contribution in [0.5, 0.6) is 5.75 Å². The number of aromatic nitrogens is 4. The maximum Gasteiger partial charge on any atom is 0.125 e. The summed E-state index contributed by atoms with van der Waals surface area (Å²) in [5.41, 5.74) is 3.81. The summed E-state index contributed by atoms with van der Waals surface area (Å²) in [6.07, 6.45) is 5.25. The van der Waals surface area contributed by atoms with Crippen LogP contribution in [0.4, 0.5) is 0 Å². The number of nitrogens with one attached hydrogen (secondary N) is 2. The summed E-state index contributed by atoms with van der Waals surface area (Å²) in [7, 11) is 1.67. The Balaban J connectivity index is 1.59. The van der Waals surface area contributed by atoms with Gasteiger partial charge < -0.3 is 19.9 Å². The van der Waals surface area contributed by atoms with Crippen LogP contribution >= 0.6 is 0 Å². The summed E-state index contributed by atoms with van der Waals surface area (Å²) in [4.78, 5) is 0. The Bertz CT molecular complexity index is 1060. The van der Waals surface area contributed by atoms with Gasteiger partial charge in [-0.3, -0.25) is 5.10 Å². The number of aromatic hydroxyl groups is 1. The van der Waals surface area contributed by atoms with E-state index in [1.165, 1.54) is 0 Å². The van der Waals surface area contributed by atoms with Gasteiger partial charge in [0.25, 0.3) is 0 Å². The number of H-pyrrole nitrogens is 1. The molecule has 1 atom stereocenters. The van der Waals surface area contributed by atoms with Crippen LogP contribution in [0, 0.1) is 5.92 Å². The van der Waals surface area contributed by atoms with Gasteiger partial charge in [0.1, 0.15) is 11.9 Å². The quantitative estimate of drug-likeness (QED) is 0.421. The smallest absolute Gasteiger partial charge is 0.125 e. The van der Waals surface area contributed by atoms with E-state index >= 15 is 0 Å². The number of piperidine rings is 1. The summed E-state index contributed by atoms with van der Waals surface area (Å²) < 4.78 is 11.5. The topological polar surface area (TPSA) is 105 Å². The molecule has 3 N–H and O–H groups in total. The van der Waals surface area contributed by atoms with E-state index in [0.29, 0.717) is 24.5 Å². The second-order valence-corrected chi connectivity index (χ2v) is 10.4. The van der Waals surface area contributed by atoms with E-state index in [2.05, 4.69) is 53.4 Å². The van der Waals surface area contributed by atoms with E-state index in [9.17, 15) is 5.11 Å². The molecule has 34 heavy (non-hydrogen) atoms. The first-order valence-electron chi connectivity index (χ1n) is 11.7. The van der Waals surface area contributed by atoms with Crippen LogP contribution in [0.3, 0.4) is 0 Å². The zero-order chi connectivity index (χ0) is 24.3. The summed E-state index contributed by atoms with van der Waals surface area (Å²) >= 11 is 0. The zero-order valence-electron chi connectivity index (χ0n) is 20.6. The molecule has 3 aromatic rings. The average Bonchev–Trinajstić information content (AvgIpc) is 3.30. The average molecular weight is 466 g/mol. The minimum atomic E-state index is -0.186. The van der Waals surface area contributed by atoms with Crippen molar-refractivity contribution in [1.29, 1.82) is 0 Å². The van der Waals surface area contributed by atoms with Gasteiger partial charge in [-0.1, -0.05) is 6.07 Å². The molecule has 1 saturated heterocycles. The summed E-state index contributed by atoms with van der Waals surface area (Å²) in [6.45, 7) is 9.95. The lowest BCUT2D eigenvalue weighted by Gasteiger charge is -2.48. The first-order chi connectivity index (χ1) is 16.2. The van der Waals surface area contributed by atoms with E-state index in [1.807, 2.05) is 24.3 Å². The minimum Gasteiger partial charge on any atom is -0.507 e. The largest absolute Gasteiger partial charge is 0.507 e. The highest BCUT2D eigenvalue weighted by Gasteiger charge is 2.42. The highest BCUT2D eigenvalue weighted by Crippen LogP contribution is 2.41. The van der Waals surface area contributed by atoms with Gasteiger partial charge >= 0.3 is 0 Å². The number of rotatable bonds is 8. The molecule has 182 valence electrons. The van der Waals surface area contributed by atoms with Gasteiger partial charge in [0.15, 0.2) is 0 Å². The second kappa shape index (κ2) is 9.82. The molecule has 0 aliphatic carbocycles. The molecule has 1 aliphatic heterocycles. The van der Waals surface area contributed by atoms with Crippen molar-refractivity contribution in [1.82, 2.24) is 25.7 Å². The Morgan fingerprint density at radius 1 is 1.03 bits per heavy atom. The highest BCUT2D eigenvalue weighted by atomic mass is 16.5. The first kappa shape index (κ1) is 24.3. The zero-order valence-corrected chi connectivity index (χ0v) is 20.6. The molecule has 1 aromatic carbocycles. The number of aromatic amines is 1. The standard InChI is InChI=1S/C26H35N5O3/c1-25(2)13-18(14-26(3,4)31-25)24(34-11-10-33-5)22-9-8-21(29-30-22)20-7-6-17(12-23(20)32)19-15-27-28-16-19/h6-9,12,15-16,18,24,31-32H,10-11,13-14H2,1-5H3,(H,27,28). The molecule has 1 fully saturated rings. The number of hydrogen-bond acceptors (Lipinski definition) is 7. The molecule has 4 rings (SSSR count). The predicted octanol–water partition coefficient (Wildman–Crippen LogP) is 4.50. The Labute approximate surface area is 201 Å². The predicted molar refractivity (Wildman–Crippen MR) is 131 cm³/mol. The Hall–Kier alpha value is -2.81. The Morgan fingerprint density at radius 2 is 1.79 bits per heavy atom. The van der Waals surface area contributed by atoms with Crippen molar-refractivity contribution >= 4 is 0 Å². The normalized spacial score (nSPS) is 18.6. The molecule has 0 saturated carbocycles. The van der Waals surface area contributed by atoms with Gasteiger partial charge in [0.05, 0.1) is 30.8 Å². The lowest BCUT2D eigenvalue weighted by molar-refractivity contribution is -0.0469. The van der Waals surface area contributed by atoms with Crippen molar-refractivity contribution in [2.75, 3.05) is 20.3 Å². The number of hydrogen-bond donors (Lipinski definition) is 3. The lowest BCUT2D eigenvalue weighted by atomic mass is 9.73. The van der Waals surface area contributed by atoms with Crippen LogP contribution in [0.1, 0.15) is 52.3 Å². The highest BCUT2D eigenvalue weighted by molar-refractivity contribution is 5.73. The van der Waals surface area contributed by atoms with Crippen molar-refractivity contribution in [3.63, 3.8) is 0 Å². The second-order valence-electron chi connectivity index (χ2n) is 10.4. The third-order valence-corrected chi connectivity index (χ3v) is 6.32. The molecule has 0 bridgehead atoms. The summed E-state index contributed by atoms with van der Waals surface area (Å²) in [5, 5.41) is 30.2. The van der Waals surface area contributed by atoms with Crippen LogP contribution in [0.25, 0.3) is 22.4 Å². The van der Waals surface area contributed by atoms with Crippen LogP contribution in [0.2, 0.25) is 0 Å². The van der Waals surface area contributed by atoms with Crippen molar-refractivity contribution < 1.29 is 14.6 Å². The fraction of sp³-hybridized carbons (Fsp3) is 0.500. The first-order valence-corrected chi connectivity index (χ1v) is 11.7. The van der Waals surface area contributed by atoms with E-state index < -0.39 is 0 Å². The molecular formula is C26H35N5O3. The molecule has 0 radical (unpaired) electrons. The molecule has 8 nitrogen and oxygen atoms in total. The van der Waals surface area contributed by atoms with Crippen LogP contribution in [-0.2, 0) is 9.47 Å². The lowest BCUT2D eigenvalue weighted by Crippen LogP contribution is -2.58. The maximum absolute atomic E-state index is 10.6. The van der Waals surface area contributed by atoms with E-state index in [1.54, 1.807) is 25.6 Å². The monoisotopic (exact) mass is 465 g/mol. The number of nitrogens with zero attached hydrogens (tertiary/aromatic N) is 3. The van der Waals surface area contributed by atoms with Crippen molar-refractivity contribution in [3.8, 4) is 28.1 Å². The van der Waals surface area contributed by atoms with Gasteiger partial charge in [-0.05, 0) is 76.3 Å². The summed E-state index contributed by atoms with van der Waals surface area (Å²) in [6, 6.07) is 9.37. The number of benzene rings is 1. The molecule has 8 heteroatoms. The van der Waals surface area contributed by atoms with Gasteiger partial charge in [0.2, 0.25) is 0 Å². The van der Waals surface area contributed by atoms with Gasteiger partial charge in [0, 0.05) is 35.5 Å². The van der Waals surface area contributed by atoms with E-state index in [4.69, 9.17) is 9.47 Å². The number of phenolic OH excluding ortho intramolecular Hbond substituents is 1. The number of methoxy groups -OCH3 is 1. The van der Waals surface area contributed by atoms with Crippen molar-refractivity contribution in [3.05, 3.63) is 48.4 Å². The molecular weight excluding hydrogens is 430 g/mol. The number of ether oxygens (including phenoxy) is 2. The van der Waals surface area contributed by atoms with E-state index in [-0.39, 0.29) is 28.8 Å². The SMILES string of the molecule is COCCOC(c1ccc(-c2ccc(-c3cn[nH]c3)cc2O)nn1)C1CC(C)(C)NC(C)(C)C1. The minimum absolute atomic E-state index is 0.00876. The fourth-order valence-corrected chi connectivity index (χ4v) is 5.31. The Morgan fingerprint density at radius 3 is 2.38 bits per heavy atom. The van der Waals surface area contributed by atoms with Crippen LogP contribution < -0.4 is 5.32 Å². The van der Waals surface area contributed by atoms with Crippen LogP contribution in [-0.4, -0.2) is 56.9 Å². The summed E-state index contributed by atoms with van der Waals surface area (Å²) in [5.74, 6) is 0.432. The van der Waals surface area contributed by atoms with Gasteiger partial charge in [-0.25, -0.2) is 0 Å². The fourth-order valence-electron chi connectivity index (χ4n) is 5.31. The van der Waals surface area contributed by atoms with Crippen molar-refractivity contribution in [2.45, 2.75) is 57.7 Å². The van der Waals surface area contributed by atoms with Gasteiger partial charge in [-0.15, -0.1) is 0 Å². The van der Waals surface area contributed by atoms with Gasteiger partial charge in [-0.2, -0.15) is 15.3 Å². The molecule has 1 unspecified atom stereocenters. The third kappa shape index (κ3) is 5.63. The maximum atomic E-state index is 10.6. The Kier molecular flexibility index (Phi) is 7.02. The third-order valence-electron chi connectivity index (χ3n) is 6.32. The molecule has 1 aliphatic rings. The molecule has 2 aromatic heterocycles. The number of phenols is 1. The molecule has 3 heterocycles. The molecule has 0 spiro atoms.